The van der Waals surface area contributed by atoms with Crippen molar-refractivity contribution in [1.29, 1.82) is 0 Å². The van der Waals surface area contributed by atoms with Crippen LogP contribution in [0.3, 0.4) is 0 Å². The number of guanidine groups is 1. The van der Waals surface area contributed by atoms with Crippen molar-refractivity contribution in [2.45, 2.75) is 26.5 Å². The van der Waals surface area contributed by atoms with Gasteiger partial charge in [0.05, 0.1) is 19.7 Å². The van der Waals surface area contributed by atoms with Crippen molar-refractivity contribution < 1.29 is 9.53 Å². The molecule has 168 valence electrons. The highest BCUT2D eigenvalue weighted by molar-refractivity contribution is 14.0. The summed E-state index contributed by atoms with van der Waals surface area (Å²) in [7, 11) is 3.52. The predicted molar refractivity (Wildman–Crippen MR) is 136 cm³/mol. The van der Waals surface area contributed by atoms with E-state index in [0.717, 1.165) is 31.2 Å². The van der Waals surface area contributed by atoms with E-state index in [2.05, 4.69) is 48.3 Å². The number of rotatable bonds is 5. The average molecular weight is 536 g/mol. The summed E-state index contributed by atoms with van der Waals surface area (Å²) in [5.41, 5.74) is 4.25. The molecule has 7 heteroatoms. The lowest BCUT2D eigenvalue weighted by atomic mass is 10.0. The lowest BCUT2D eigenvalue weighted by molar-refractivity contribution is -0.00834. The van der Waals surface area contributed by atoms with Gasteiger partial charge in [-0.25, -0.2) is 4.99 Å². The van der Waals surface area contributed by atoms with E-state index >= 15 is 0 Å². The quantitative estimate of drug-likeness (QED) is 0.359. The summed E-state index contributed by atoms with van der Waals surface area (Å²) >= 11 is 0. The molecule has 0 radical (unpaired) electrons. The molecule has 1 fully saturated rings. The van der Waals surface area contributed by atoms with Gasteiger partial charge in [-0.1, -0.05) is 36.4 Å². The topological polar surface area (TPSA) is 57.2 Å². The Labute approximate surface area is 202 Å². The van der Waals surface area contributed by atoms with Crippen molar-refractivity contribution in [1.82, 2.24) is 15.1 Å². The molecule has 1 amide bonds. The number of aryl methyl sites for hydroxylation is 1. The van der Waals surface area contributed by atoms with Gasteiger partial charge in [-0.05, 0) is 42.7 Å². The Hall–Kier alpha value is -2.13. The SMILES string of the molecule is CCNC(=NCc1ccc(C(=O)N(C)C)cc1)N1CCOC(c2ccccc2C)C1.I. The maximum absolute atomic E-state index is 12.1. The number of ether oxygens (including phenoxy) is 1. The molecule has 1 aliphatic rings. The fraction of sp³-hybridized carbons (Fsp3) is 0.417. The molecule has 0 aromatic heterocycles. The van der Waals surface area contributed by atoms with E-state index in [-0.39, 0.29) is 36.0 Å². The third kappa shape index (κ3) is 6.67. The Morgan fingerprint density at radius 2 is 1.90 bits per heavy atom. The van der Waals surface area contributed by atoms with Crippen LogP contribution in [0.2, 0.25) is 0 Å². The molecule has 1 heterocycles. The summed E-state index contributed by atoms with van der Waals surface area (Å²) in [6.45, 7) is 7.83. The Balaban J connectivity index is 0.00000341. The lowest BCUT2D eigenvalue weighted by Gasteiger charge is -2.35. The number of nitrogens with one attached hydrogen (secondary N) is 1. The van der Waals surface area contributed by atoms with Crippen LogP contribution < -0.4 is 5.32 Å². The molecule has 1 aliphatic heterocycles. The minimum atomic E-state index is 0. The number of nitrogens with zero attached hydrogens (tertiary/aromatic N) is 3. The van der Waals surface area contributed by atoms with E-state index in [4.69, 9.17) is 9.73 Å². The van der Waals surface area contributed by atoms with Gasteiger partial charge in [0.2, 0.25) is 0 Å². The largest absolute Gasteiger partial charge is 0.370 e. The normalized spacial score (nSPS) is 16.5. The zero-order valence-electron chi connectivity index (χ0n) is 18.8. The van der Waals surface area contributed by atoms with Crippen LogP contribution in [0.5, 0.6) is 0 Å². The van der Waals surface area contributed by atoms with E-state index in [1.54, 1.807) is 19.0 Å². The molecular formula is C24H33IN4O2. The van der Waals surface area contributed by atoms with Crippen molar-refractivity contribution >= 4 is 35.8 Å². The van der Waals surface area contributed by atoms with Crippen molar-refractivity contribution in [2.24, 2.45) is 4.99 Å². The molecule has 6 nitrogen and oxygen atoms in total. The molecule has 0 aliphatic carbocycles. The second-order valence-corrected chi connectivity index (χ2v) is 7.73. The van der Waals surface area contributed by atoms with Gasteiger partial charge in [-0.15, -0.1) is 24.0 Å². The number of carbonyl (C=O) groups excluding carboxylic acids is 1. The van der Waals surface area contributed by atoms with Crippen LogP contribution in [-0.2, 0) is 11.3 Å². The van der Waals surface area contributed by atoms with Crippen molar-refractivity contribution in [3.8, 4) is 0 Å². The van der Waals surface area contributed by atoms with Crippen LogP contribution in [-0.4, -0.2) is 62.0 Å². The highest BCUT2D eigenvalue weighted by Crippen LogP contribution is 2.25. The third-order valence-electron chi connectivity index (χ3n) is 5.25. The van der Waals surface area contributed by atoms with E-state index in [9.17, 15) is 4.79 Å². The van der Waals surface area contributed by atoms with E-state index in [0.29, 0.717) is 18.7 Å². The highest BCUT2D eigenvalue weighted by Gasteiger charge is 2.25. The zero-order valence-corrected chi connectivity index (χ0v) is 21.1. The monoisotopic (exact) mass is 536 g/mol. The average Bonchev–Trinajstić information content (AvgIpc) is 2.77. The van der Waals surface area contributed by atoms with Gasteiger partial charge in [-0.3, -0.25) is 4.79 Å². The molecule has 0 bridgehead atoms. The standard InChI is InChI=1S/C24H32N4O2.HI/c1-5-25-24(26-16-19-10-12-20(13-11-19)23(29)27(3)4)28-14-15-30-22(17-28)21-9-7-6-8-18(21)2;/h6-13,22H,5,14-17H2,1-4H3,(H,25,26);1H. The lowest BCUT2D eigenvalue weighted by Crippen LogP contribution is -2.48. The molecule has 1 saturated heterocycles. The first-order chi connectivity index (χ1) is 14.5. The van der Waals surface area contributed by atoms with Crippen LogP contribution in [0.25, 0.3) is 0 Å². The Morgan fingerprint density at radius 3 is 2.55 bits per heavy atom. The third-order valence-corrected chi connectivity index (χ3v) is 5.25. The number of hydrogen-bond acceptors (Lipinski definition) is 3. The number of carbonyl (C=O) groups is 1. The second kappa shape index (κ2) is 12.0. The van der Waals surface area contributed by atoms with Gasteiger partial charge in [0, 0.05) is 32.7 Å². The van der Waals surface area contributed by atoms with Crippen LogP contribution >= 0.6 is 24.0 Å². The Morgan fingerprint density at radius 1 is 1.19 bits per heavy atom. The first kappa shape index (κ1) is 25.1. The van der Waals surface area contributed by atoms with E-state index < -0.39 is 0 Å². The summed E-state index contributed by atoms with van der Waals surface area (Å²) < 4.78 is 6.06. The van der Waals surface area contributed by atoms with Gasteiger partial charge >= 0.3 is 0 Å². The van der Waals surface area contributed by atoms with Crippen molar-refractivity contribution in [3.63, 3.8) is 0 Å². The van der Waals surface area contributed by atoms with Gasteiger partial charge in [0.25, 0.3) is 5.91 Å². The minimum absolute atomic E-state index is 0. The Kier molecular flexibility index (Phi) is 9.77. The fourth-order valence-electron chi connectivity index (χ4n) is 3.58. The van der Waals surface area contributed by atoms with Crippen LogP contribution in [0.4, 0.5) is 0 Å². The predicted octanol–water partition coefficient (Wildman–Crippen LogP) is 3.85. The molecule has 1 atom stereocenters. The molecule has 2 aromatic rings. The number of aliphatic imine (C=N–C) groups is 1. The van der Waals surface area contributed by atoms with Crippen molar-refractivity contribution in [2.75, 3.05) is 40.3 Å². The molecule has 3 rings (SSSR count). The van der Waals surface area contributed by atoms with Crippen LogP contribution in [0, 0.1) is 6.92 Å². The fourth-order valence-corrected chi connectivity index (χ4v) is 3.58. The first-order valence-electron chi connectivity index (χ1n) is 10.5. The summed E-state index contributed by atoms with van der Waals surface area (Å²) in [6, 6.07) is 16.1. The summed E-state index contributed by atoms with van der Waals surface area (Å²) in [5.74, 6) is 0.904. The molecule has 1 unspecified atom stereocenters. The first-order valence-corrected chi connectivity index (χ1v) is 10.5. The molecule has 31 heavy (non-hydrogen) atoms. The zero-order chi connectivity index (χ0) is 21.5. The Bertz CT molecular complexity index is 883. The minimum Gasteiger partial charge on any atom is -0.370 e. The van der Waals surface area contributed by atoms with Gasteiger partial charge in [0.1, 0.15) is 6.10 Å². The number of hydrogen-bond donors (Lipinski definition) is 1. The van der Waals surface area contributed by atoms with Gasteiger partial charge in [0.15, 0.2) is 5.96 Å². The molecular weight excluding hydrogens is 503 g/mol. The van der Waals surface area contributed by atoms with Crippen LogP contribution in [0.1, 0.15) is 40.1 Å². The van der Waals surface area contributed by atoms with Gasteiger partial charge in [-0.2, -0.15) is 0 Å². The maximum atomic E-state index is 12.1. The summed E-state index contributed by atoms with van der Waals surface area (Å²) in [4.78, 5) is 20.8. The molecule has 2 aromatic carbocycles. The maximum Gasteiger partial charge on any atom is 0.253 e. The smallest absolute Gasteiger partial charge is 0.253 e. The number of morpholine rings is 1. The number of halogens is 1. The molecule has 0 saturated carbocycles. The van der Waals surface area contributed by atoms with Gasteiger partial charge < -0.3 is 19.9 Å². The van der Waals surface area contributed by atoms with Crippen molar-refractivity contribution in [3.05, 3.63) is 70.8 Å². The molecule has 1 N–H and O–H groups in total. The van der Waals surface area contributed by atoms with Crippen LogP contribution in [0.15, 0.2) is 53.5 Å². The second-order valence-electron chi connectivity index (χ2n) is 7.73. The number of amides is 1. The highest BCUT2D eigenvalue weighted by atomic mass is 127. The molecule has 0 spiro atoms. The number of benzene rings is 2. The summed E-state index contributed by atoms with van der Waals surface area (Å²) in [5, 5.41) is 3.41. The van der Waals surface area contributed by atoms with E-state index in [1.165, 1.54) is 11.1 Å². The summed E-state index contributed by atoms with van der Waals surface area (Å²) in [6.07, 6.45) is 0.0418. The van der Waals surface area contributed by atoms with E-state index in [1.807, 2.05) is 24.3 Å².